The first-order valence-corrected chi connectivity index (χ1v) is 9.92. The maximum atomic E-state index is 12.5. The number of thioether (sulfide) groups is 1. The van der Waals surface area contributed by atoms with Gasteiger partial charge in [0.25, 0.3) is 5.91 Å². The summed E-state index contributed by atoms with van der Waals surface area (Å²) in [7, 11) is 1.64. The van der Waals surface area contributed by atoms with Crippen molar-refractivity contribution in [2.24, 2.45) is 0 Å². The van der Waals surface area contributed by atoms with Gasteiger partial charge in [-0.05, 0) is 41.3 Å². The van der Waals surface area contributed by atoms with Crippen molar-refractivity contribution in [1.29, 1.82) is 0 Å². The summed E-state index contributed by atoms with van der Waals surface area (Å²) >= 11 is 6.51. The van der Waals surface area contributed by atoms with Crippen LogP contribution in [0.1, 0.15) is 18.4 Å². The van der Waals surface area contributed by atoms with E-state index in [0.717, 1.165) is 22.4 Å². The molecule has 144 valence electrons. The number of aliphatic carboxylic acids is 1. The molecule has 0 aliphatic carbocycles. The topological polar surface area (TPSA) is 66.8 Å². The zero-order valence-corrected chi connectivity index (χ0v) is 16.9. The maximum Gasteiger partial charge on any atom is 0.303 e. The van der Waals surface area contributed by atoms with Crippen LogP contribution in [0.2, 0.25) is 0 Å². The molecule has 1 saturated heterocycles. The molecule has 2 aromatic carbocycles. The molecule has 0 atom stereocenters. The van der Waals surface area contributed by atoms with Gasteiger partial charge in [-0.25, -0.2) is 0 Å². The van der Waals surface area contributed by atoms with Crippen LogP contribution in [-0.4, -0.2) is 39.9 Å². The lowest BCUT2D eigenvalue weighted by Crippen LogP contribution is -2.29. The standard InChI is InChI=1S/C21H19NO4S2/c1-26-17-5-2-4-16(13-17)15-9-7-14(8-10-15)12-18-20(25)22(21(27)28-18)11-3-6-19(23)24/h2,4-5,7-10,12-13H,3,6,11H2,1H3,(H,23,24)/b18-12-. The molecule has 0 bridgehead atoms. The lowest BCUT2D eigenvalue weighted by Gasteiger charge is -2.13. The molecule has 1 fully saturated rings. The fourth-order valence-corrected chi connectivity index (χ4v) is 4.12. The number of carboxylic acids is 1. The number of thiocarbonyl (C=S) groups is 1. The van der Waals surface area contributed by atoms with E-state index in [9.17, 15) is 9.59 Å². The number of rotatable bonds is 7. The van der Waals surface area contributed by atoms with E-state index < -0.39 is 5.97 Å². The second-order valence-corrected chi connectivity index (χ2v) is 7.86. The van der Waals surface area contributed by atoms with Crippen molar-refractivity contribution in [1.82, 2.24) is 4.90 Å². The Bertz CT molecular complexity index is 938. The van der Waals surface area contributed by atoms with Crippen molar-refractivity contribution in [3.05, 3.63) is 59.0 Å². The molecule has 0 aromatic heterocycles. The van der Waals surface area contributed by atoms with E-state index in [0.29, 0.717) is 22.2 Å². The van der Waals surface area contributed by atoms with Gasteiger partial charge in [-0.2, -0.15) is 0 Å². The average Bonchev–Trinajstić information content (AvgIpc) is 2.95. The minimum Gasteiger partial charge on any atom is -0.497 e. The third-order valence-electron chi connectivity index (χ3n) is 4.26. The molecule has 1 aliphatic heterocycles. The molecule has 0 radical (unpaired) electrons. The monoisotopic (exact) mass is 413 g/mol. The molecule has 1 aliphatic rings. The fraction of sp³-hybridized carbons (Fsp3) is 0.190. The Kier molecular flexibility index (Phi) is 6.49. The van der Waals surface area contributed by atoms with Gasteiger partial charge in [0.15, 0.2) is 0 Å². The predicted molar refractivity (Wildman–Crippen MR) is 115 cm³/mol. The normalized spacial score (nSPS) is 15.3. The van der Waals surface area contributed by atoms with Gasteiger partial charge in [-0.3, -0.25) is 14.5 Å². The van der Waals surface area contributed by atoms with Crippen LogP contribution in [0.15, 0.2) is 53.4 Å². The van der Waals surface area contributed by atoms with Gasteiger partial charge in [-0.1, -0.05) is 60.4 Å². The van der Waals surface area contributed by atoms with Gasteiger partial charge in [0.1, 0.15) is 10.1 Å². The smallest absolute Gasteiger partial charge is 0.303 e. The van der Waals surface area contributed by atoms with Crippen LogP contribution in [0, 0.1) is 0 Å². The van der Waals surface area contributed by atoms with Gasteiger partial charge in [-0.15, -0.1) is 0 Å². The van der Waals surface area contributed by atoms with Crippen molar-refractivity contribution >= 4 is 46.3 Å². The van der Waals surface area contributed by atoms with Crippen LogP contribution in [0.25, 0.3) is 17.2 Å². The highest BCUT2D eigenvalue weighted by molar-refractivity contribution is 8.26. The average molecular weight is 414 g/mol. The molecule has 0 spiro atoms. The SMILES string of the molecule is COc1cccc(-c2ccc(/C=C3\SC(=S)N(CCCC(=O)O)C3=O)cc2)c1. The number of ether oxygens (including phenoxy) is 1. The van der Waals surface area contributed by atoms with Crippen LogP contribution < -0.4 is 4.74 Å². The van der Waals surface area contributed by atoms with E-state index in [2.05, 4.69) is 0 Å². The van der Waals surface area contributed by atoms with Crippen LogP contribution in [0.5, 0.6) is 5.75 Å². The molecule has 0 saturated carbocycles. The third-order valence-corrected chi connectivity index (χ3v) is 5.64. The Morgan fingerprint density at radius 1 is 1.21 bits per heavy atom. The van der Waals surface area contributed by atoms with Crippen molar-refractivity contribution < 1.29 is 19.4 Å². The zero-order chi connectivity index (χ0) is 20.1. The summed E-state index contributed by atoms with van der Waals surface area (Å²) in [6.45, 7) is 0.323. The molecule has 1 N–H and O–H groups in total. The van der Waals surface area contributed by atoms with E-state index in [4.69, 9.17) is 22.1 Å². The third kappa shape index (κ3) is 4.79. The fourth-order valence-electron chi connectivity index (χ4n) is 2.81. The number of methoxy groups -OCH3 is 1. The summed E-state index contributed by atoms with van der Waals surface area (Å²) in [5, 5.41) is 8.74. The first-order valence-electron chi connectivity index (χ1n) is 8.69. The number of amides is 1. The van der Waals surface area contributed by atoms with Crippen molar-refractivity contribution in [3.63, 3.8) is 0 Å². The number of nitrogens with zero attached hydrogens (tertiary/aromatic N) is 1. The molecular weight excluding hydrogens is 394 g/mol. The highest BCUT2D eigenvalue weighted by Crippen LogP contribution is 2.33. The van der Waals surface area contributed by atoms with Gasteiger partial charge in [0.05, 0.1) is 12.0 Å². The molecule has 2 aromatic rings. The van der Waals surface area contributed by atoms with Gasteiger partial charge in [0, 0.05) is 13.0 Å². The van der Waals surface area contributed by atoms with E-state index in [1.807, 2.05) is 54.6 Å². The van der Waals surface area contributed by atoms with E-state index in [1.54, 1.807) is 7.11 Å². The number of carbonyl (C=O) groups is 2. The molecular formula is C21H19NO4S2. The maximum absolute atomic E-state index is 12.5. The van der Waals surface area contributed by atoms with E-state index in [1.165, 1.54) is 16.7 Å². The lowest BCUT2D eigenvalue weighted by atomic mass is 10.0. The Hall–Kier alpha value is -2.64. The summed E-state index contributed by atoms with van der Waals surface area (Å²) in [5.41, 5.74) is 3.01. The first-order chi connectivity index (χ1) is 13.5. The molecule has 3 rings (SSSR count). The van der Waals surface area contributed by atoms with Crippen LogP contribution in [-0.2, 0) is 9.59 Å². The van der Waals surface area contributed by atoms with E-state index in [-0.39, 0.29) is 12.3 Å². The number of hydrogen-bond acceptors (Lipinski definition) is 5. The summed E-state index contributed by atoms with van der Waals surface area (Å²) in [5.74, 6) is -0.248. The minimum absolute atomic E-state index is 0.0157. The molecule has 1 amide bonds. The Morgan fingerprint density at radius 3 is 2.64 bits per heavy atom. The number of hydrogen-bond donors (Lipinski definition) is 1. The molecule has 7 heteroatoms. The van der Waals surface area contributed by atoms with Crippen molar-refractivity contribution in [3.8, 4) is 16.9 Å². The highest BCUT2D eigenvalue weighted by Gasteiger charge is 2.31. The zero-order valence-electron chi connectivity index (χ0n) is 15.3. The Labute approximate surface area is 173 Å². The molecule has 5 nitrogen and oxygen atoms in total. The van der Waals surface area contributed by atoms with E-state index >= 15 is 0 Å². The first kappa shape index (κ1) is 20.1. The Balaban J connectivity index is 1.72. The van der Waals surface area contributed by atoms with Gasteiger partial charge < -0.3 is 9.84 Å². The summed E-state index contributed by atoms with van der Waals surface area (Å²) < 4.78 is 5.73. The largest absolute Gasteiger partial charge is 0.497 e. The van der Waals surface area contributed by atoms with Gasteiger partial charge in [0.2, 0.25) is 0 Å². The number of carbonyl (C=O) groups excluding carboxylic acids is 1. The predicted octanol–water partition coefficient (Wildman–Crippen LogP) is 4.43. The Morgan fingerprint density at radius 2 is 1.96 bits per heavy atom. The lowest BCUT2D eigenvalue weighted by molar-refractivity contribution is -0.137. The summed E-state index contributed by atoms with van der Waals surface area (Å²) in [4.78, 5) is 25.2. The second-order valence-electron chi connectivity index (χ2n) is 6.18. The van der Waals surface area contributed by atoms with Crippen LogP contribution in [0.4, 0.5) is 0 Å². The van der Waals surface area contributed by atoms with Crippen LogP contribution >= 0.6 is 24.0 Å². The molecule has 1 heterocycles. The van der Waals surface area contributed by atoms with Crippen molar-refractivity contribution in [2.75, 3.05) is 13.7 Å². The molecule has 0 unspecified atom stereocenters. The van der Waals surface area contributed by atoms with Crippen molar-refractivity contribution in [2.45, 2.75) is 12.8 Å². The minimum atomic E-state index is -0.878. The summed E-state index contributed by atoms with van der Waals surface area (Å²) in [6.07, 6.45) is 2.21. The highest BCUT2D eigenvalue weighted by atomic mass is 32.2. The number of carboxylic acid groups (broad SMARTS) is 1. The second kappa shape index (κ2) is 9.03. The number of benzene rings is 2. The van der Waals surface area contributed by atoms with Crippen LogP contribution in [0.3, 0.4) is 0 Å². The summed E-state index contributed by atoms with van der Waals surface area (Å²) in [6, 6.07) is 15.7. The quantitative estimate of drug-likeness (QED) is 0.535. The van der Waals surface area contributed by atoms with Gasteiger partial charge >= 0.3 is 5.97 Å². The molecule has 28 heavy (non-hydrogen) atoms.